The molecule has 0 heterocycles. The summed E-state index contributed by atoms with van der Waals surface area (Å²) in [4.78, 5) is 28.2. The lowest BCUT2D eigenvalue weighted by molar-refractivity contribution is -0.118. The van der Waals surface area contributed by atoms with Crippen LogP contribution in [0.4, 0.5) is 0 Å². The third-order valence-corrected chi connectivity index (χ3v) is 4.97. The van der Waals surface area contributed by atoms with Gasteiger partial charge in [0.05, 0.1) is 6.57 Å². The molecule has 3 rings (SSSR count). The van der Waals surface area contributed by atoms with E-state index in [0.717, 1.165) is 11.1 Å². The summed E-state index contributed by atoms with van der Waals surface area (Å²) in [5, 5.41) is 33.8. The number of phenols is 2. The summed E-state index contributed by atoms with van der Waals surface area (Å²) in [5.41, 5.74) is 2.35. The predicted molar refractivity (Wildman–Crippen MR) is 135 cm³/mol. The van der Waals surface area contributed by atoms with Crippen LogP contribution in [0.15, 0.2) is 84.1 Å². The van der Waals surface area contributed by atoms with Crippen LogP contribution >= 0.6 is 0 Å². The van der Waals surface area contributed by atoms with Crippen LogP contribution in [0.2, 0.25) is 0 Å². The van der Waals surface area contributed by atoms with Crippen molar-refractivity contribution in [2.24, 2.45) is 0 Å². The molecule has 8 heteroatoms. The SMILES string of the molecule is [C-]#[N+]C(=Cc1cccc(O)c1)C(=O)NCc1cccc(CNC(=O)C(C#N)=Cc2cccc(O)c2)c1. The smallest absolute Gasteiger partial charge is 0.262 e. The lowest BCUT2D eigenvalue weighted by Gasteiger charge is -2.09. The van der Waals surface area contributed by atoms with Crippen molar-refractivity contribution in [3.05, 3.63) is 118 Å². The number of amides is 2. The van der Waals surface area contributed by atoms with Crippen molar-refractivity contribution in [3.63, 3.8) is 0 Å². The van der Waals surface area contributed by atoms with E-state index in [-0.39, 0.29) is 35.9 Å². The van der Waals surface area contributed by atoms with Crippen LogP contribution in [0.5, 0.6) is 11.5 Å². The van der Waals surface area contributed by atoms with Crippen LogP contribution in [0.25, 0.3) is 17.0 Å². The molecule has 0 bridgehead atoms. The highest BCUT2D eigenvalue weighted by Gasteiger charge is 2.11. The fourth-order valence-corrected chi connectivity index (χ4v) is 3.25. The van der Waals surface area contributed by atoms with Crippen LogP contribution in [-0.2, 0) is 22.7 Å². The number of phenolic OH excluding ortho intramolecular Hbond substituents is 2. The normalized spacial score (nSPS) is 11.2. The van der Waals surface area contributed by atoms with E-state index in [9.17, 15) is 25.1 Å². The number of aromatic hydroxyl groups is 2. The number of nitrogens with zero attached hydrogens (tertiary/aromatic N) is 2. The van der Waals surface area contributed by atoms with Crippen molar-refractivity contribution in [1.82, 2.24) is 10.6 Å². The second-order valence-corrected chi connectivity index (χ2v) is 7.69. The zero-order valence-corrected chi connectivity index (χ0v) is 19.1. The van der Waals surface area contributed by atoms with E-state index in [1.165, 1.54) is 36.4 Å². The molecule has 3 aromatic carbocycles. The minimum Gasteiger partial charge on any atom is -0.508 e. The van der Waals surface area contributed by atoms with Gasteiger partial charge in [-0.2, -0.15) is 5.26 Å². The molecule has 2 amide bonds. The third-order valence-electron chi connectivity index (χ3n) is 4.97. The summed E-state index contributed by atoms with van der Waals surface area (Å²) in [5.74, 6) is -1.04. The van der Waals surface area contributed by atoms with Gasteiger partial charge in [-0.1, -0.05) is 48.5 Å². The zero-order valence-electron chi connectivity index (χ0n) is 19.1. The molecule has 0 spiro atoms. The first-order valence-corrected chi connectivity index (χ1v) is 10.8. The van der Waals surface area contributed by atoms with E-state index in [4.69, 9.17) is 6.57 Å². The van der Waals surface area contributed by atoms with Crippen LogP contribution in [-0.4, -0.2) is 22.0 Å². The highest BCUT2D eigenvalue weighted by atomic mass is 16.3. The second-order valence-electron chi connectivity index (χ2n) is 7.69. The van der Waals surface area contributed by atoms with Gasteiger partial charge in [-0.05, 0) is 58.7 Å². The lowest BCUT2D eigenvalue weighted by Crippen LogP contribution is -2.25. The topological polar surface area (TPSA) is 127 Å². The summed E-state index contributed by atoms with van der Waals surface area (Å²) < 4.78 is 0. The molecule has 0 atom stereocenters. The van der Waals surface area contributed by atoms with Crippen molar-refractivity contribution in [3.8, 4) is 17.6 Å². The Hall–Kier alpha value is -5.34. The first-order valence-electron chi connectivity index (χ1n) is 10.8. The Kier molecular flexibility index (Phi) is 8.58. The number of hydrogen-bond acceptors (Lipinski definition) is 5. The number of nitrogens with one attached hydrogen (secondary N) is 2. The zero-order chi connectivity index (χ0) is 25.9. The molecule has 0 radical (unpaired) electrons. The maximum absolute atomic E-state index is 12.5. The Bertz CT molecular complexity index is 1320. The van der Waals surface area contributed by atoms with Gasteiger partial charge in [-0.15, -0.1) is 0 Å². The lowest BCUT2D eigenvalue weighted by atomic mass is 10.1. The Morgan fingerprint density at radius 2 is 1.36 bits per heavy atom. The first-order chi connectivity index (χ1) is 17.4. The number of rotatable bonds is 8. The summed E-state index contributed by atoms with van der Waals surface area (Å²) in [6.07, 6.45) is 2.78. The van der Waals surface area contributed by atoms with Gasteiger partial charge in [0.1, 0.15) is 23.1 Å². The third kappa shape index (κ3) is 7.34. The molecule has 0 saturated carbocycles. The van der Waals surface area contributed by atoms with Crippen molar-refractivity contribution >= 4 is 24.0 Å². The van der Waals surface area contributed by atoms with Gasteiger partial charge < -0.3 is 20.8 Å². The van der Waals surface area contributed by atoms with Gasteiger partial charge in [0, 0.05) is 13.1 Å². The predicted octanol–water partition coefficient (Wildman–Crippen LogP) is 3.90. The van der Waals surface area contributed by atoms with Gasteiger partial charge in [-0.25, -0.2) is 4.85 Å². The number of benzene rings is 3. The summed E-state index contributed by atoms with van der Waals surface area (Å²) in [7, 11) is 0. The maximum atomic E-state index is 12.5. The molecule has 0 aliphatic heterocycles. The Morgan fingerprint density at radius 1 is 0.833 bits per heavy atom. The van der Waals surface area contributed by atoms with Crippen LogP contribution in [0.1, 0.15) is 22.3 Å². The van der Waals surface area contributed by atoms with E-state index in [1.807, 2.05) is 6.07 Å². The molecular formula is C28H22N4O4. The van der Waals surface area contributed by atoms with E-state index in [1.54, 1.807) is 48.5 Å². The molecule has 3 aromatic rings. The van der Waals surface area contributed by atoms with Crippen LogP contribution < -0.4 is 10.6 Å². The average molecular weight is 479 g/mol. The summed E-state index contributed by atoms with van der Waals surface area (Å²) in [6, 6.07) is 21.5. The highest BCUT2D eigenvalue weighted by molar-refractivity contribution is 6.01. The highest BCUT2D eigenvalue weighted by Crippen LogP contribution is 2.16. The molecule has 0 fully saturated rings. The molecule has 36 heavy (non-hydrogen) atoms. The minimum absolute atomic E-state index is 0.0312. The molecule has 0 unspecified atom stereocenters. The minimum atomic E-state index is -0.557. The van der Waals surface area contributed by atoms with Crippen molar-refractivity contribution in [2.45, 2.75) is 13.1 Å². The van der Waals surface area contributed by atoms with Gasteiger partial charge in [0.25, 0.3) is 17.5 Å². The molecule has 0 aromatic heterocycles. The first kappa shape index (κ1) is 25.3. The molecule has 8 nitrogen and oxygen atoms in total. The summed E-state index contributed by atoms with van der Waals surface area (Å²) >= 11 is 0. The largest absolute Gasteiger partial charge is 0.508 e. The van der Waals surface area contributed by atoms with E-state index in [0.29, 0.717) is 11.1 Å². The van der Waals surface area contributed by atoms with E-state index < -0.39 is 11.8 Å². The number of carbonyl (C=O) groups excluding carboxylic acids is 2. The van der Waals surface area contributed by atoms with Crippen molar-refractivity contribution in [1.29, 1.82) is 5.26 Å². The Labute approximate surface area is 208 Å². The number of hydrogen-bond donors (Lipinski definition) is 4. The molecule has 0 aliphatic carbocycles. The van der Waals surface area contributed by atoms with Crippen molar-refractivity contribution in [2.75, 3.05) is 0 Å². The maximum Gasteiger partial charge on any atom is 0.262 e. The van der Waals surface area contributed by atoms with Gasteiger partial charge in [0.15, 0.2) is 0 Å². The van der Waals surface area contributed by atoms with Crippen LogP contribution in [0, 0.1) is 17.9 Å². The fraction of sp³-hybridized carbons (Fsp3) is 0.0714. The average Bonchev–Trinajstić information content (AvgIpc) is 2.88. The Morgan fingerprint density at radius 3 is 1.89 bits per heavy atom. The van der Waals surface area contributed by atoms with E-state index >= 15 is 0 Å². The van der Waals surface area contributed by atoms with E-state index in [2.05, 4.69) is 15.5 Å². The van der Waals surface area contributed by atoms with Crippen molar-refractivity contribution < 1.29 is 19.8 Å². The van der Waals surface area contributed by atoms with Gasteiger partial charge in [0.2, 0.25) is 0 Å². The molecular weight excluding hydrogens is 456 g/mol. The van der Waals surface area contributed by atoms with Gasteiger partial charge >= 0.3 is 0 Å². The quantitative estimate of drug-likeness (QED) is 0.222. The fourth-order valence-electron chi connectivity index (χ4n) is 3.25. The standard InChI is InChI=1S/C28H22N4O4/c1-30-26(15-20-6-4-10-25(34)14-20)28(36)32-18-22-8-2-7-21(11-22)17-31-27(35)23(16-29)12-19-5-3-9-24(33)13-19/h2-15,33-34H,17-18H2,(H,31,35)(H,32,36). The number of carbonyl (C=O) groups is 2. The van der Waals surface area contributed by atoms with Crippen LogP contribution in [0.3, 0.4) is 0 Å². The molecule has 0 aliphatic rings. The molecule has 0 saturated heterocycles. The monoisotopic (exact) mass is 478 g/mol. The second kappa shape index (κ2) is 12.2. The number of nitriles is 1. The van der Waals surface area contributed by atoms with Gasteiger partial charge in [-0.3, -0.25) is 9.59 Å². The molecule has 178 valence electrons. The molecule has 4 N–H and O–H groups in total. The summed E-state index contributed by atoms with van der Waals surface area (Å²) in [6.45, 7) is 7.61. The Balaban J connectivity index is 1.60.